The Hall–Kier alpha value is -1.76. The zero-order chi connectivity index (χ0) is 15.3. The van der Waals surface area contributed by atoms with Gasteiger partial charge in [0.05, 0.1) is 24.2 Å². The van der Waals surface area contributed by atoms with Crippen LogP contribution >= 0.6 is 0 Å². The molecule has 3 N–H and O–H groups in total. The quantitative estimate of drug-likeness (QED) is 0.771. The second-order valence-corrected chi connectivity index (χ2v) is 7.06. The molecule has 0 aliphatic rings. The lowest BCUT2D eigenvalue weighted by Gasteiger charge is -2.10. The third kappa shape index (κ3) is 5.08. The van der Waals surface area contributed by atoms with Crippen molar-refractivity contribution in [3.8, 4) is 5.75 Å². The lowest BCUT2D eigenvalue weighted by atomic mass is 10.2. The molecular formula is C13H20N2O4S. The Bertz CT molecular complexity index is 582. The summed E-state index contributed by atoms with van der Waals surface area (Å²) < 4.78 is 28.4. The summed E-state index contributed by atoms with van der Waals surface area (Å²) in [6.07, 6.45) is 0. The predicted octanol–water partition coefficient (Wildman–Crippen LogP) is 1.29. The number of sulfone groups is 1. The molecule has 0 heterocycles. The van der Waals surface area contributed by atoms with E-state index < -0.39 is 21.5 Å². The van der Waals surface area contributed by atoms with Gasteiger partial charge in [-0.25, -0.2) is 8.42 Å². The van der Waals surface area contributed by atoms with E-state index in [4.69, 9.17) is 10.5 Å². The fourth-order valence-corrected chi connectivity index (χ4v) is 3.34. The largest absolute Gasteiger partial charge is 0.497 e. The molecule has 0 aliphatic carbocycles. The number of nitrogen functional groups attached to an aromatic ring is 1. The van der Waals surface area contributed by atoms with Crippen LogP contribution in [-0.4, -0.2) is 32.9 Å². The number of anilines is 2. The van der Waals surface area contributed by atoms with Gasteiger partial charge in [0.2, 0.25) is 5.91 Å². The zero-order valence-corrected chi connectivity index (χ0v) is 12.7. The van der Waals surface area contributed by atoms with Gasteiger partial charge in [-0.15, -0.1) is 0 Å². The van der Waals surface area contributed by atoms with E-state index >= 15 is 0 Å². The summed E-state index contributed by atoms with van der Waals surface area (Å²) in [7, 11) is -1.90. The van der Waals surface area contributed by atoms with Crippen molar-refractivity contribution in [1.82, 2.24) is 0 Å². The van der Waals surface area contributed by atoms with Gasteiger partial charge >= 0.3 is 0 Å². The summed E-state index contributed by atoms with van der Waals surface area (Å²) in [4.78, 5) is 11.7. The molecule has 0 atom stereocenters. The number of hydrogen-bond acceptors (Lipinski definition) is 5. The standard InChI is InChI=1S/C13H20N2O4S/c1-9(2)7-20(17,18)8-13(16)15-12-5-4-10(19-3)6-11(12)14/h4-6,9H,7-8,14H2,1-3H3,(H,15,16). The molecular weight excluding hydrogens is 280 g/mol. The predicted molar refractivity (Wildman–Crippen MR) is 79.5 cm³/mol. The number of nitrogens with two attached hydrogens (primary N) is 1. The molecule has 0 aliphatic heterocycles. The van der Waals surface area contributed by atoms with E-state index in [9.17, 15) is 13.2 Å². The van der Waals surface area contributed by atoms with Crippen LogP contribution in [0.5, 0.6) is 5.75 Å². The molecule has 6 nitrogen and oxygen atoms in total. The Labute approximate surface area is 119 Å². The maximum atomic E-state index is 11.7. The van der Waals surface area contributed by atoms with Crippen LogP contribution in [0.3, 0.4) is 0 Å². The number of amides is 1. The van der Waals surface area contributed by atoms with E-state index in [1.165, 1.54) is 7.11 Å². The number of rotatable bonds is 6. The molecule has 1 amide bonds. The second kappa shape index (κ2) is 6.60. The number of carbonyl (C=O) groups excluding carboxylic acids is 1. The average molecular weight is 300 g/mol. The van der Waals surface area contributed by atoms with Crippen LogP contribution < -0.4 is 15.8 Å². The first-order chi connectivity index (χ1) is 9.23. The Morgan fingerprint density at radius 1 is 1.40 bits per heavy atom. The summed E-state index contributed by atoms with van der Waals surface area (Å²) in [5.41, 5.74) is 6.43. The summed E-state index contributed by atoms with van der Waals surface area (Å²) in [6.45, 7) is 3.58. The van der Waals surface area contributed by atoms with Crippen molar-refractivity contribution in [2.24, 2.45) is 5.92 Å². The van der Waals surface area contributed by atoms with Crippen molar-refractivity contribution in [1.29, 1.82) is 0 Å². The van der Waals surface area contributed by atoms with Crippen LogP contribution in [0, 0.1) is 5.92 Å². The summed E-state index contributed by atoms with van der Waals surface area (Å²) in [5, 5.41) is 2.49. The van der Waals surface area contributed by atoms with Crippen LogP contribution in [-0.2, 0) is 14.6 Å². The molecule has 0 aromatic heterocycles. The minimum absolute atomic E-state index is 0.0149. The highest BCUT2D eigenvalue weighted by molar-refractivity contribution is 7.92. The van der Waals surface area contributed by atoms with Crippen molar-refractivity contribution < 1.29 is 17.9 Å². The van der Waals surface area contributed by atoms with E-state index in [2.05, 4.69) is 5.32 Å². The first kappa shape index (κ1) is 16.3. The van der Waals surface area contributed by atoms with Crippen LogP contribution in [0.4, 0.5) is 11.4 Å². The maximum absolute atomic E-state index is 11.7. The number of nitrogens with one attached hydrogen (secondary N) is 1. The van der Waals surface area contributed by atoms with Gasteiger partial charge in [-0.1, -0.05) is 13.8 Å². The van der Waals surface area contributed by atoms with Crippen molar-refractivity contribution in [2.75, 3.05) is 29.7 Å². The maximum Gasteiger partial charge on any atom is 0.239 e. The van der Waals surface area contributed by atoms with Crippen LogP contribution in [0.2, 0.25) is 0 Å². The second-order valence-electron chi connectivity index (χ2n) is 4.95. The zero-order valence-electron chi connectivity index (χ0n) is 11.8. The lowest BCUT2D eigenvalue weighted by molar-refractivity contribution is -0.113. The van der Waals surface area contributed by atoms with Gasteiger partial charge in [0, 0.05) is 6.07 Å². The Kier molecular flexibility index (Phi) is 5.38. The number of benzene rings is 1. The third-order valence-corrected chi connectivity index (χ3v) is 4.35. The highest BCUT2D eigenvalue weighted by Gasteiger charge is 2.18. The van der Waals surface area contributed by atoms with Crippen LogP contribution in [0.15, 0.2) is 18.2 Å². The van der Waals surface area contributed by atoms with Gasteiger partial charge in [-0.05, 0) is 18.1 Å². The molecule has 0 bridgehead atoms. The fraction of sp³-hybridized carbons (Fsp3) is 0.462. The normalized spacial score (nSPS) is 11.4. The van der Waals surface area contributed by atoms with E-state index in [-0.39, 0.29) is 11.7 Å². The van der Waals surface area contributed by atoms with Gasteiger partial charge in [0.1, 0.15) is 11.5 Å². The van der Waals surface area contributed by atoms with Crippen molar-refractivity contribution in [3.05, 3.63) is 18.2 Å². The van der Waals surface area contributed by atoms with Gasteiger partial charge in [0.15, 0.2) is 9.84 Å². The highest BCUT2D eigenvalue weighted by Crippen LogP contribution is 2.23. The number of carbonyl (C=O) groups is 1. The average Bonchev–Trinajstić information content (AvgIpc) is 2.29. The summed E-state index contributed by atoms with van der Waals surface area (Å²) in [6, 6.07) is 4.76. The van der Waals surface area contributed by atoms with Gasteiger partial charge in [-0.2, -0.15) is 0 Å². The van der Waals surface area contributed by atoms with Crippen molar-refractivity contribution >= 4 is 27.1 Å². The summed E-state index contributed by atoms with van der Waals surface area (Å²) >= 11 is 0. The summed E-state index contributed by atoms with van der Waals surface area (Å²) in [5.74, 6) is -0.607. The van der Waals surface area contributed by atoms with E-state index in [1.54, 1.807) is 32.0 Å². The number of hydrogen-bond donors (Lipinski definition) is 2. The molecule has 7 heteroatoms. The molecule has 0 saturated heterocycles. The van der Waals surface area contributed by atoms with Gasteiger partial charge < -0.3 is 15.8 Å². The van der Waals surface area contributed by atoms with E-state index in [1.807, 2.05) is 0 Å². The van der Waals surface area contributed by atoms with Crippen molar-refractivity contribution in [2.45, 2.75) is 13.8 Å². The smallest absolute Gasteiger partial charge is 0.239 e. The minimum atomic E-state index is -3.40. The first-order valence-corrected chi connectivity index (χ1v) is 7.99. The monoisotopic (exact) mass is 300 g/mol. The fourth-order valence-electron chi connectivity index (χ4n) is 1.73. The molecule has 0 saturated carbocycles. The highest BCUT2D eigenvalue weighted by atomic mass is 32.2. The molecule has 112 valence electrons. The third-order valence-electron chi connectivity index (χ3n) is 2.47. The number of methoxy groups -OCH3 is 1. The molecule has 20 heavy (non-hydrogen) atoms. The molecule has 0 fully saturated rings. The Morgan fingerprint density at radius 2 is 2.05 bits per heavy atom. The molecule has 0 unspecified atom stereocenters. The SMILES string of the molecule is COc1ccc(NC(=O)CS(=O)(=O)CC(C)C)c(N)c1. The van der Waals surface area contributed by atoms with Crippen LogP contribution in [0.1, 0.15) is 13.8 Å². The first-order valence-electron chi connectivity index (χ1n) is 6.17. The topological polar surface area (TPSA) is 98.5 Å². The van der Waals surface area contributed by atoms with Crippen molar-refractivity contribution in [3.63, 3.8) is 0 Å². The minimum Gasteiger partial charge on any atom is -0.497 e. The van der Waals surface area contributed by atoms with Crippen LogP contribution in [0.25, 0.3) is 0 Å². The number of ether oxygens (including phenoxy) is 1. The molecule has 1 aromatic carbocycles. The molecule has 0 spiro atoms. The molecule has 1 rings (SSSR count). The van der Waals surface area contributed by atoms with Gasteiger partial charge in [0.25, 0.3) is 0 Å². The van der Waals surface area contributed by atoms with Gasteiger partial charge in [-0.3, -0.25) is 4.79 Å². The Morgan fingerprint density at radius 3 is 2.55 bits per heavy atom. The lowest BCUT2D eigenvalue weighted by Crippen LogP contribution is -2.26. The molecule has 1 aromatic rings. The molecule has 0 radical (unpaired) electrons. The van der Waals surface area contributed by atoms with E-state index in [0.717, 1.165) is 0 Å². The Balaban J connectivity index is 2.72. The van der Waals surface area contributed by atoms with E-state index in [0.29, 0.717) is 17.1 Å².